The third kappa shape index (κ3) is 3.66. The summed E-state index contributed by atoms with van der Waals surface area (Å²) in [6.07, 6.45) is 5.12. The lowest BCUT2D eigenvalue weighted by Crippen LogP contribution is -2.48. The monoisotopic (exact) mass is 348 g/mol. The fraction of sp³-hybridized carbons (Fsp3) is 0.684. The molecule has 0 saturated carbocycles. The van der Waals surface area contributed by atoms with Crippen molar-refractivity contribution in [1.29, 1.82) is 0 Å². The van der Waals surface area contributed by atoms with Crippen LogP contribution in [-0.4, -0.2) is 47.3 Å². The predicted octanol–water partition coefficient (Wildman–Crippen LogP) is 3.64. The van der Waals surface area contributed by atoms with Crippen LogP contribution < -0.4 is 0 Å². The van der Waals surface area contributed by atoms with Crippen LogP contribution in [0.25, 0.3) is 0 Å². The van der Waals surface area contributed by atoms with E-state index in [1.807, 2.05) is 22.4 Å². The van der Waals surface area contributed by atoms with Gasteiger partial charge in [0.15, 0.2) is 0 Å². The second-order valence-electron chi connectivity index (χ2n) is 7.39. The minimum absolute atomic E-state index is 0.0238. The maximum absolute atomic E-state index is 13.0. The zero-order valence-electron chi connectivity index (χ0n) is 14.7. The SMILES string of the molecule is CC(C)C1CCCN(C(=O)[C@@H]2CCCN2C(=O)c2cccs2)CC1. The number of likely N-dealkylation sites (tertiary alicyclic amines) is 2. The molecule has 4 nitrogen and oxygen atoms in total. The average molecular weight is 349 g/mol. The zero-order chi connectivity index (χ0) is 17.1. The van der Waals surface area contributed by atoms with E-state index in [0.29, 0.717) is 12.5 Å². The zero-order valence-corrected chi connectivity index (χ0v) is 15.6. The van der Waals surface area contributed by atoms with Gasteiger partial charge in [0.1, 0.15) is 6.04 Å². The maximum atomic E-state index is 13.0. The standard InChI is InChI=1S/C19H28N2O2S/c1-14(2)15-6-3-10-20(12-9-15)18(22)16-7-4-11-21(16)19(23)17-8-5-13-24-17/h5,8,13-16H,3-4,6-7,9-12H2,1-2H3/t15?,16-/m0/s1. The Labute approximate surface area is 148 Å². The molecule has 2 fully saturated rings. The smallest absolute Gasteiger partial charge is 0.264 e. The number of carbonyl (C=O) groups excluding carboxylic acids is 2. The van der Waals surface area contributed by atoms with Crippen LogP contribution in [0.15, 0.2) is 17.5 Å². The minimum Gasteiger partial charge on any atom is -0.341 e. The molecule has 3 rings (SSSR count). The van der Waals surface area contributed by atoms with Gasteiger partial charge in [0, 0.05) is 19.6 Å². The Hall–Kier alpha value is -1.36. The lowest BCUT2D eigenvalue weighted by atomic mass is 9.89. The van der Waals surface area contributed by atoms with Gasteiger partial charge >= 0.3 is 0 Å². The highest BCUT2D eigenvalue weighted by Gasteiger charge is 2.37. The van der Waals surface area contributed by atoms with Crippen LogP contribution in [-0.2, 0) is 4.79 Å². The van der Waals surface area contributed by atoms with Crippen LogP contribution in [0.4, 0.5) is 0 Å². The van der Waals surface area contributed by atoms with Gasteiger partial charge in [-0.2, -0.15) is 0 Å². The van der Waals surface area contributed by atoms with Crippen molar-refractivity contribution in [3.05, 3.63) is 22.4 Å². The van der Waals surface area contributed by atoms with Crippen molar-refractivity contribution in [2.24, 2.45) is 11.8 Å². The molecule has 1 aromatic rings. The van der Waals surface area contributed by atoms with Gasteiger partial charge in [-0.25, -0.2) is 0 Å². The Balaban J connectivity index is 1.66. The van der Waals surface area contributed by atoms with Crippen LogP contribution in [0.1, 0.15) is 55.6 Å². The van der Waals surface area contributed by atoms with Crippen LogP contribution in [0.3, 0.4) is 0 Å². The van der Waals surface area contributed by atoms with Gasteiger partial charge in [0.2, 0.25) is 5.91 Å². The second kappa shape index (κ2) is 7.68. The summed E-state index contributed by atoms with van der Waals surface area (Å²) < 4.78 is 0. The first-order valence-corrected chi connectivity index (χ1v) is 10.1. The Kier molecular flexibility index (Phi) is 5.59. The second-order valence-corrected chi connectivity index (χ2v) is 8.34. The van der Waals surface area contributed by atoms with Crippen LogP contribution in [0.2, 0.25) is 0 Å². The number of rotatable bonds is 3. The van der Waals surface area contributed by atoms with E-state index in [-0.39, 0.29) is 17.9 Å². The lowest BCUT2D eigenvalue weighted by molar-refractivity contribution is -0.135. The lowest BCUT2D eigenvalue weighted by Gasteiger charge is -2.29. The molecule has 0 N–H and O–H groups in total. The van der Waals surface area contributed by atoms with Gasteiger partial charge in [-0.1, -0.05) is 19.9 Å². The molecule has 0 bridgehead atoms. The number of carbonyl (C=O) groups is 2. The van der Waals surface area contributed by atoms with Crippen LogP contribution in [0.5, 0.6) is 0 Å². The van der Waals surface area contributed by atoms with Crippen molar-refractivity contribution in [1.82, 2.24) is 9.80 Å². The highest BCUT2D eigenvalue weighted by atomic mass is 32.1. The van der Waals surface area contributed by atoms with Crippen molar-refractivity contribution in [2.45, 2.75) is 52.0 Å². The summed E-state index contributed by atoms with van der Waals surface area (Å²) in [5.41, 5.74) is 0. The Morgan fingerprint density at radius 1 is 1.12 bits per heavy atom. The molecule has 24 heavy (non-hydrogen) atoms. The summed E-state index contributed by atoms with van der Waals surface area (Å²) in [5.74, 6) is 1.59. The van der Waals surface area contributed by atoms with E-state index in [2.05, 4.69) is 13.8 Å². The summed E-state index contributed by atoms with van der Waals surface area (Å²) in [6, 6.07) is 3.49. The van der Waals surface area contributed by atoms with Crippen LogP contribution >= 0.6 is 11.3 Å². The molecule has 5 heteroatoms. The number of hydrogen-bond acceptors (Lipinski definition) is 3. The Morgan fingerprint density at radius 3 is 2.62 bits per heavy atom. The topological polar surface area (TPSA) is 40.6 Å². The summed E-state index contributed by atoms with van der Waals surface area (Å²) in [6.45, 7) is 6.95. The highest BCUT2D eigenvalue weighted by molar-refractivity contribution is 7.12. The molecule has 132 valence electrons. The van der Waals surface area contributed by atoms with E-state index in [1.165, 1.54) is 17.8 Å². The molecule has 2 saturated heterocycles. The van der Waals surface area contributed by atoms with Gasteiger partial charge in [0.25, 0.3) is 5.91 Å². The number of nitrogens with zero attached hydrogens (tertiary/aromatic N) is 2. The fourth-order valence-electron chi connectivity index (χ4n) is 4.03. The third-order valence-electron chi connectivity index (χ3n) is 5.56. The molecule has 0 spiro atoms. The number of hydrogen-bond donors (Lipinski definition) is 0. The van der Waals surface area contributed by atoms with E-state index >= 15 is 0 Å². The van der Waals surface area contributed by atoms with Gasteiger partial charge in [-0.3, -0.25) is 9.59 Å². The van der Waals surface area contributed by atoms with Crippen molar-refractivity contribution in [3.8, 4) is 0 Å². The van der Waals surface area contributed by atoms with Gasteiger partial charge in [-0.05, 0) is 55.4 Å². The van der Waals surface area contributed by atoms with Crippen LogP contribution in [0, 0.1) is 11.8 Å². The summed E-state index contributed by atoms with van der Waals surface area (Å²) in [4.78, 5) is 30.3. The first kappa shape index (κ1) is 17.5. The van der Waals surface area contributed by atoms with Gasteiger partial charge in [-0.15, -0.1) is 11.3 Å². The molecular weight excluding hydrogens is 320 g/mol. The summed E-state index contributed by atoms with van der Waals surface area (Å²) >= 11 is 1.46. The predicted molar refractivity (Wildman–Crippen MR) is 97.1 cm³/mol. The number of thiophene rings is 1. The quantitative estimate of drug-likeness (QED) is 0.837. The van der Waals surface area contributed by atoms with Crippen molar-refractivity contribution in [2.75, 3.05) is 19.6 Å². The number of amides is 2. The van der Waals surface area contributed by atoms with E-state index in [4.69, 9.17) is 0 Å². The summed E-state index contributed by atoms with van der Waals surface area (Å²) in [7, 11) is 0. The first-order valence-electron chi connectivity index (χ1n) is 9.21. The van der Waals surface area contributed by atoms with Crippen molar-refractivity contribution >= 4 is 23.2 Å². The maximum Gasteiger partial charge on any atom is 0.264 e. The van der Waals surface area contributed by atoms with E-state index in [9.17, 15) is 9.59 Å². The molecule has 1 unspecified atom stereocenters. The molecule has 2 aliphatic rings. The molecule has 2 atom stereocenters. The first-order chi connectivity index (χ1) is 11.6. The molecular formula is C19H28N2O2S. The largest absolute Gasteiger partial charge is 0.341 e. The normalized spacial score (nSPS) is 25.1. The molecule has 2 aliphatic heterocycles. The Bertz CT molecular complexity index is 570. The van der Waals surface area contributed by atoms with E-state index in [1.54, 1.807) is 4.90 Å². The molecule has 0 aromatic carbocycles. The van der Waals surface area contributed by atoms with Crippen molar-refractivity contribution < 1.29 is 9.59 Å². The molecule has 2 amide bonds. The third-order valence-corrected chi connectivity index (χ3v) is 6.42. The minimum atomic E-state index is -0.254. The molecule has 3 heterocycles. The molecule has 1 aromatic heterocycles. The summed E-state index contributed by atoms with van der Waals surface area (Å²) in [5, 5.41) is 1.92. The molecule has 0 radical (unpaired) electrons. The fourth-order valence-corrected chi connectivity index (χ4v) is 4.71. The van der Waals surface area contributed by atoms with E-state index < -0.39 is 0 Å². The highest BCUT2D eigenvalue weighted by Crippen LogP contribution is 2.27. The Morgan fingerprint density at radius 2 is 1.92 bits per heavy atom. The van der Waals surface area contributed by atoms with Crippen molar-refractivity contribution in [3.63, 3.8) is 0 Å². The van der Waals surface area contributed by atoms with E-state index in [0.717, 1.165) is 49.6 Å². The van der Waals surface area contributed by atoms with Gasteiger partial charge < -0.3 is 9.80 Å². The average Bonchev–Trinajstić information content (AvgIpc) is 3.20. The molecule has 0 aliphatic carbocycles. The van der Waals surface area contributed by atoms with Gasteiger partial charge in [0.05, 0.1) is 4.88 Å².